The number of hydrogen-bond donors (Lipinski definition) is 3. The minimum absolute atomic E-state index is 0. The molecule has 1 heterocycles. The lowest BCUT2D eigenvalue weighted by Gasteiger charge is -2.17. The maximum Gasteiger partial charge on any atom is 0.211 e. The quantitative estimate of drug-likeness (QED) is 0.269. The number of halogens is 3. The van der Waals surface area contributed by atoms with Gasteiger partial charge < -0.3 is 15.7 Å². The van der Waals surface area contributed by atoms with Crippen molar-refractivity contribution in [3.8, 4) is 0 Å². The van der Waals surface area contributed by atoms with Gasteiger partial charge in [0.05, 0.1) is 18.9 Å². The third-order valence-electron chi connectivity index (χ3n) is 4.31. The first-order valence-electron chi connectivity index (χ1n) is 8.80. The lowest BCUT2D eigenvalue weighted by molar-refractivity contribution is 0.187. The molecule has 1 aromatic carbocycles. The van der Waals surface area contributed by atoms with Crippen LogP contribution in [0.25, 0.3) is 0 Å². The second-order valence-electron chi connectivity index (χ2n) is 6.59. The number of guanidine groups is 1. The number of aliphatic hydroxyl groups is 1. The molecule has 3 N–H and O–H groups in total. The Morgan fingerprint density at radius 3 is 2.50 bits per heavy atom. The first-order chi connectivity index (χ1) is 12.7. The van der Waals surface area contributed by atoms with E-state index in [9.17, 15) is 13.5 Å². The second kappa shape index (κ2) is 11.8. The molecule has 0 bridgehead atoms. The fraction of sp³-hybridized carbons (Fsp3) is 0.588. The number of benzene rings is 1. The molecule has 0 aromatic heterocycles. The minimum atomic E-state index is -3.14. The van der Waals surface area contributed by atoms with Crippen LogP contribution in [0.5, 0.6) is 0 Å². The van der Waals surface area contributed by atoms with Crippen LogP contribution >= 0.6 is 47.2 Å². The molecule has 0 aliphatic carbocycles. The normalized spacial score (nSPS) is 19.2. The van der Waals surface area contributed by atoms with Gasteiger partial charge in [0.1, 0.15) is 0 Å². The summed E-state index contributed by atoms with van der Waals surface area (Å²) in [5.41, 5.74) is 0.603. The molecule has 0 saturated carbocycles. The van der Waals surface area contributed by atoms with Crippen molar-refractivity contribution in [3.63, 3.8) is 0 Å². The summed E-state index contributed by atoms with van der Waals surface area (Å²) in [5, 5.41) is 17.6. The van der Waals surface area contributed by atoms with E-state index >= 15 is 0 Å². The van der Waals surface area contributed by atoms with Gasteiger partial charge in [-0.2, -0.15) is 0 Å². The Bertz CT molecular complexity index is 759. The molecule has 160 valence electrons. The zero-order valence-electron chi connectivity index (χ0n) is 15.9. The SMILES string of the molecule is CCNC(=NCC(O)c1cc(Cl)cc(Cl)c1)NCC1CCN(S(C)(=O)=O)C1.I. The molecule has 11 heteroatoms. The van der Waals surface area contributed by atoms with Crippen LogP contribution in [0.3, 0.4) is 0 Å². The smallest absolute Gasteiger partial charge is 0.211 e. The molecule has 1 aromatic rings. The molecule has 0 amide bonds. The van der Waals surface area contributed by atoms with E-state index < -0.39 is 16.1 Å². The summed E-state index contributed by atoms with van der Waals surface area (Å²) in [7, 11) is -3.14. The van der Waals surface area contributed by atoms with Crippen LogP contribution in [0.2, 0.25) is 10.0 Å². The first kappa shape index (κ1) is 25.7. The van der Waals surface area contributed by atoms with E-state index in [1.54, 1.807) is 18.2 Å². The number of rotatable bonds is 7. The van der Waals surface area contributed by atoms with E-state index in [4.69, 9.17) is 23.2 Å². The van der Waals surface area contributed by atoms with E-state index in [2.05, 4.69) is 15.6 Å². The summed E-state index contributed by atoms with van der Waals surface area (Å²) < 4.78 is 24.7. The van der Waals surface area contributed by atoms with Crippen LogP contribution in [-0.2, 0) is 10.0 Å². The van der Waals surface area contributed by atoms with E-state index in [1.807, 2.05) is 6.92 Å². The van der Waals surface area contributed by atoms with E-state index in [0.717, 1.165) is 6.42 Å². The predicted molar refractivity (Wildman–Crippen MR) is 125 cm³/mol. The van der Waals surface area contributed by atoms with Crippen molar-refractivity contribution in [2.24, 2.45) is 10.9 Å². The van der Waals surface area contributed by atoms with Crippen LogP contribution in [0.15, 0.2) is 23.2 Å². The maximum atomic E-state index is 11.6. The molecule has 1 aliphatic rings. The lowest BCUT2D eigenvalue weighted by Crippen LogP contribution is -2.40. The highest BCUT2D eigenvalue weighted by Crippen LogP contribution is 2.23. The molecule has 2 rings (SSSR count). The predicted octanol–water partition coefficient (Wildman–Crippen LogP) is 2.48. The van der Waals surface area contributed by atoms with Gasteiger partial charge in [-0.1, -0.05) is 23.2 Å². The van der Waals surface area contributed by atoms with Crippen molar-refractivity contribution in [3.05, 3.63) is 33.8 Å². The standard InChI is InChI=1S/C17H26Cl2N4O3S.HI/c1-3-20-17(21-9-12-4-5-23(11-12)27(2,25)26)22-10-16(24)13-6-14(18)8-15(19)7-13;/h6-8,12,16,24H,3-5,9-11H2,1-2H3,(H2,20,21,22);1H. The number of nitrogens with zero attached hydrogens (tertiary/aromatic N) is 2. The van der Waals surface area contributed by atoms with Crippen LogP contribution in [0.1, 0.15) is 25.0 Å². The third-order valence-corrected chi connectivity index (χ3v) is 6.02. The number of aliphatic hydroxyl groups excluding tert-OH is 1. The molecule has 1 saturated heterocycles. The van der Waals surface area contributed by atoms with Crippen LogP contribution in [0, 0.1) is 5.92 Å². The van der Waals surface area contributed by atoms with Gasteiger partial charge in [0.2, 0.25) is 10.0 Å². The minimum Gasteiger partial charge on any atom is -0.386 e. The Morgan fingerprint density at radius 2 is 1.96 bits per heavy atom. The van der Waals surface area contributed by atoms with Crippen molar-refractivity contribution < 1.29 is 13.5 Å². The molecule has 0 spiro atoms. The van der Waals surface area contributed by atoms with Crippen molar-refractivity contribution in [2.45, 2.75) is 19.4 Å². The molecule has 0 radical (unpaired) electrons. The summed E-state index contributed by atoms with van der Waals surface area (Å²) in [6, 6.07) is 4.92. The summed E-state index contributed by atoms with van der Waals surface area (Å²) in [6.07, 6.45) is 1.21. The van der Waals surface area contributed by atoms with Gasteiger partial charge in [-0.15, -0.1) is 24.0 Å². The zero-order valence-corrected chi connectivity index (χ0v) is 20.5. The largest absolute Gasteiger partial charge is 0.386 e. The van der Waals surface area contributed by atoms with Crippen LogP contribution in [0.4, 0.5) is 0 Å². The van der Waals surface area contributed by atoms with Crippen LogP contribution in [-0.4, -0.2) is 62.8 Å². The average molecular weight is 565 g/mol. The zero-order chi connectivity index (χ0) is 20.0. The van der Waals surface area contributed by atoms with Crippen molar-refractivity contribution in [2.75, 3.05) is 39.0 Å². The number of hydrogen-bond acceptors (Lipinski definition) is 4. The molecule has 1 fully saturated rings. The topological polar surface area (TPSA) is 94.0 Å². The fourth-order valence-corrected chi connectivity index (χ4v) is 4.36. The molecule has 28 heavy (non-hydrogen) atoms. The Morgan fingerprint density at radius 1 is 1.32 bits per heavy atom. The Kier molecular flexibility index (Phi) is 10.8. The van der Waals surface area contributed by atoms with Crippen molar-refractivity contribution in [1.82, 2.24) is 14.9 Å². The third kappa shape index (κ3) is 8.19. The summed E-state index contributed by atoms with van der Waals surface area (Å²) in [4.78, 5) is 4.40. The summed E-state index contributed by atoms with van der Waals surface area (Å²) in [5.74, 6) is 0.794. The van der Waals surface area contributed by atoms with Crippen molar-refractivity contribution in [1.29, 1.82) is 0 Å². The number of nitrogens with one attached hydrogen (secondary N) is 2. The Labute approximate surface area is 194 Å². The maximum absolute atomic E-state index is 11.6. The van der Waals surface area contributed by atoms with Crippen molar-refractivity contribution >= 4 is 63.2 Å². The van der Waals surface area contributed by atoms with Crippen LogP contribution < -0.4 is 10.6 Å². The summed E-state index contributed by atoms with van der Waals surface area (Å²) in [6.45, 7) is 4.43. The molecular formula is C17H27Cl2IN4O3S. The highest BCUT2D eigenvalue weighted by Gasteiger charge is 2.28. The van der Waals surface area contributed by atoms with E-state index in [1.165, 1.54) is 10.6 Å². The van der Waals surface area contributed by atoms with E-state index in [-0.39, 0.29) is 36.4 Å². The molecular weight excluding hydrogens is 538 g/mol. The fourth-order valence-electron chi connectivity index (χ4n) is 2.90. The average Bonchev–Trinajstić information content (AvgIpc) is 3.05. The highest BCUT2D eigenvalue weighted by atomic mass is 127. The van der Waals surface area contributed by atoms with Gasteiger partial charge in [0.15, 0.2) is 5.96 Å². The number of aliphatic imine (C=N–C) groups is 1. The van der Waals surface area contributed by atoms with Gasteiger partial charge in [-0.3, -0.25) is 4.99 Å². The van der Waals surface area contributed by atoms with Gasteiger partial charge in [-0.05, 0) is 43.0 Å². The first-order valence-corrected chi connectivity index (χ1v) is 11.4. The van der Waals surface area contributed by atoms with Gasteiger partial charge >= 0.3 is 0 Å². The lowest BCUT2D eigenvalue weighted by atomic mass is 10.1. The number of sulfonamides is 1. The highest BCUT2D eigenvalue weighted by molar-refractivity contribution is 14.0. The molecule has 1 aliphatic heterocycles. The summed E-state index contributed by atoms with van der Waals surface area (Å²) >= 11 is 11.9. The van der Waals surface area contributed by atoms with Gasteiger partial charge in [0, 0.05) is 36.2 Å². The Hall–Kier alpha value is -0.330. The van der Waals surface area contributed by atoms with Gasteiger partial charge in [0.25, 0.3) is 0 Å². The Balaban J connectivity index is 0.00000392. The molecule has 2 unspecified atom stereocenters. The molecule has 7 nitrogen and oxygen atoms in total. The monoisotopic (exact) mass is 564 g/mol. The van der Waals surface area contributed by atoms with E-state index in [0.29, 0.717) is 47.7 Å². The second-order valence-corrected chi connectivity index (χ2v) is 9.45. The van der Waals surface area contributed by atoms with Gasteiger partial charge in [-0.25, -0.2) is 12.7 Å². The molecule has 2 atom stereocenters.